The summed E-state index contributed by atoms with van der Waals surface area (Å²) in [6.07, 6.45) is 3.74. The van der Waals surface area contributed by atoms with Gasteiger partial charge in [-0.15, -0.1) is 0 Å². The lowest BCUT2D eigenvalue weighted by Gasteiger charge is -2.32. The molecular weight excluding hydrogens is 513 g/mol. The van der Waals surface area contributed by atoms with Gasteiger partial charge in [0.25, 0.3) is 5.91 Å². The van der Waals surface area contributed by atoms with Crippen LogP contribution in [0, 0.1) is 12.7 Å². The number of nitrogens with one attached hydrogen (secondary N) is 1. The van der Waals surface area contributed by atoms with E-state index in [2.05, 4.69) is 26.2 Å². The largest absolute Gasteiger partial charge is 0.474 e. The molecule has 1 aliphatic rings. The molecule has 1 aromatic heterocycles. The first kappa shape index (κ1) is 24.9. The second-order valence-electron chi connectivity index (χ2n) is 8.65. The van der Waals surface area contributed by atoms with E-state index < -0.39 is 5.82 Å². The molecule has 1 fully saturated rings. The Morgan fingerprint density at radius 1 is 1.11 bits per heavy atom. The molecule has 1 aliphatic heterocycles. The number of hydrogen-bond acceptors (Lipinski definition) is 4. The van der Waals surface area contributed by atoms with Crippen LogP contribution in [0.3, 0.4) is 0 Å². The molecule has 2 aromatic carbocycles. The van der Waals surface area contributed by atoms with E-state index in [-0.39, 0.29) is 29.9 Å². The van der Waals surface area contributed by atoms with E-state index in [0.29, 0.717) is 43.9 Å². The summed E-state index contributed by atoms with van der Waals surface area (Å²) in [7, 11) is 0. The van der Waals surface area contributed by atoms with Gasteiger partial charge in [0.1, 0.15) is 11.9 Å². The lowest BCUT2D eigenvalue weighted by atomic mass is 10.0. The Morgan fingerprint density at radius 3 is 2.54 bits per heavy atom. The highest BCUT2D eigenvalue weighted by Crippen LogP contribution is 2.24. The number of aromatic nitrogens is 1. The molecule has 182 valence electrons. The van der Waals surface area contributed by atoms with Crippen LogP contribution in [0.25, 0.3) is 0 Å². The number of benzene rings is 2. The van der Waals surface area contributed by atoms with Gasteiger partial charge in [-0.05, 0) is 59.1 Å². The van der Waals surface area contributed by atoms with Crippen molar-refractivity contribution < 1.29 is 18.7 Å². The second-order valence-corrected chi connectivity index (χ2v) is 9.56. The van der Waals surface area contributed by atoms with Gasteiger partial charge in [0.15, 0.2) is 0 Å². The molecule has 2 heterocycles. The number of nitrogens with zero attached hydrogens (tertiary/aromatic N) is 2. The van der Waals surface area contributed by atoms with E-state index in [1.165, 1.54) is 18.2 Å². The lowest BCUT2D eigenvalue weighted by molar-refractivity contribution is -0.116. The minimum Gasteiger partial charge on any atom is -0.474 e. The molecule has 0 unspecified atom stereocenters. The second kappa shape index (κ2) is 11.4. The number of carbonyl (C=O) groups excluding carboxylic acids is 2. The van der Waals surface area contributed by atoms with Crippen molar-refractivity contribution in [1.82, 2.24) is 9.88 Å². The highest BCUT2D eigenvalue weighted by atomic mass is 79.9. The Labute approximate surface area is 212 Å². The monoisotopic (exact) mass is 539 g/mol. The number of aryl methyl sites for hydroxylation is 2. The van der Waals surface area contributed by atoms with Crippen molar-refractivity contribution in [3.05, 3.63) is 87.8 Å². The van der Waals surface area contributed by atoms with Gasteiger partial charge in [0.05, 0.1) is 11.3 Å². The molecule has 6 nitrogen and oxygen atoms in total. The molecule has 3 aromatic rings. The number of anilines is 1. The number of amides is 2. The Morgan fingerprint density at radius 2 is 1.86 bits per heavy atom. The predicted octanol–water partition coefficient (Wildman–Crippen LogP) is 5.55. The smallest absolute Gasteiger partial charge is 0.256 e. The van der Waals surface area contributed by atoms with E-state index in [4.69, 9.17) is 4.74 Å². The fraction of sp³-hybridized carbons (Fsp3) is 0.296. The summed E-state index contributed by atoms with van der Waals surface area (Å²) in [6, 6.07) is 15.5. The Bertz CT molecular complexity index is 1180. The molecule has 35 heavy (non-hydrogen) atoms. The summed E-state index contributed by atoms with van der Waals surface area (Å²) in [6.45, 7) is 2.95. The van der Waals surface area contributed by atoms with Crippen molar-refractivity contribution in [2.45, 2.75) is 38.7 Å². The maximum absolute atomic E-state index is 14.0. The molecule has 0 atom stereocenters. The zero-order valence-corrected chi connectivity index (χ0v) is 21.1. The first-order valence-electron chi connectivity index (χ1n) is 11.6. The fourth-order valence-corrected chi connectivity index (χ4v) is 4.21. The van der Waals surface area contributed by atoms with Crippen molar-refractivity contribution in [2.24, 2.45) is 0 Å². The first-order valence-corrected chi connectivity index (χ1v) is 12.4. The van der Waals surface area contributed by atoms with Crippen molar-refractivity contribution in [1.29, 1.82) is 0 Å². The van der Waals surface area contributed by atoms with Gasteiger partial charge in [-0.25, -0.2) is 9.37 Å². The highest BCUT2D eigenvalue weighted by Gasteiger charge is 2.27. The molecule has 0 bridgehead atoms. The summed E-state index contributed by atoms with van der Waals surface area (Å²) in [4.78, 5) is 31.7. The third-order valence-electron chi connectivity index (χ3n) is 5.96. The number of ether oxygens (including phenoxy) is 1. The molecule has 0 saturated carbocycles. The van der Waals surface area contributed by atoms with Crippen LogP contribution in [0.5, 0.6) is 5.88 Å². The zero-order valence-electron chi connectivity index (χ0n) is 19.5. The van der Waals surface area contributed by atoms with Crippen LogP contribution in [0.4, 0.5) is 10.1 Å². The predicted molar refractivity (Wildman–Crippen MR) is 136 cm³/mol. The Hall–Kier alpha value is -3.26. The number of likely N-dealkylation sites (tertiary alicyclic amines) is 1. The number of carbonyl (C=O) groups is 2. The van der Waals surface area contributed by atoms with Crippen LogP contribution in [-0.4, -0.2) is 40.9 Å². The quantitative estimate of drug-likeness (QED) is 0.427. The van der Waals surface area contributed by atoms with Crippen LogP contribution in [-0.2, 0) is 11.2 Å². The normalized spacial score (nSPS) is 14.0. The van der Waals surface area contributed by atoms with E-state index in [9.17, 15) is 14.0 Å². The molecule has 2 amide bonds. The molecule has 0 radical (unpaired) electrons. The molecule has 0 aliphatic carbocycles. The van der Waals surface area contributed by atoms with Gasteiger partial charge in [-0.1, -0.05) is 29.8 Å². The summed E-state index contributed by atoms with van der Waals surface area (Å²) in [5.41, 5.74) is 2.70. The van der Waals surface area contributed by atoms with E-state index in [1.807, 2.05) is 37.3 Å². The summed E-state index contributed by atoms with van der Waals surface area (Å²) < 4.78 is 20.8. The van der Waals surface area contributed by atoms with Crippen LogP contribution >= 0.6 is 15.9 Å². The van der Waals surface area contributed by atoms with Crippen molar-refractivity contribution >= 4 is 33.4 Å². The highest BCUT2D eigenvalue weighted by molar-refractivity contribution is 9.10. The number of halogens is 2. The number of piperidine rings is 1. The van der Waals surface area contributed by atoms with Crippen LogP contribution < -0.4 is 10.1 Å². The minimum atomic E-state index is -0.523. The molecular formula is C27H27BrFN3O3. The third kappa shape index (κ3) is 6.88. The maximum atomic E-state index is 14.0. The van der Waals surface area contributed by atoms with E-state index >= 15 is 0 Å². The van der Waals surface area contributed by atoms with Crippen LogP contribution in [0.2, 0.25) is 0 Å². The topological polar surface area (TPSA) is 71.5 Å². The third-order valence-corrected chi connectivity index (χ3v) is 6.43. The van der Waals surface area contributed by atoms with Gasteiger partial charge >= 0.3 is 0 Å². The van der Waals surface area contributed by atoms with E-state index in [0.717, 1.165) is 15.6 Å². The summed E-state index contributed by atoms with van der Waals surface area (Å²) >= 11 is 3.35. The maximum Gasteiger partial charge on any atom is 0.256 e. The van der Waals surface area contributed by atoms with Gasteiger partial charge < -0.3 is 15.0 Å². The molecule has 1 N–H and O–H groups in total. The van der Waals surface area contributed by atoms with Gasteiger partial charge in [0, 0.05) is 49.1 Å². The standard InChI is InChI=1S/C27H27BrFN3O3/c1-18-2-4-19(5-3-18)6-10-25(33)31-24-9-8-21(29)16-23(24)27(34)32-14-12-22(13-15-32)35-26-11-7-20(28)17-30-26/h2-5,7-9,11,16-17,22H,6,10,12-15H2,1H3,(H,31,33). The Kier molecular flexibility index (Phi) is 8.13. The molecule has 4 rings (SSSR count). The SMILES string of the molecule is Cc1ccc(CCC(=O)Nc2ccc(F)cc2C(=O)N2CCC(Oc3ccc(Br)cn3)CC2)cc1. The van der Waals surface area contributed by atoms with Crippen molar-refractivity contribution in [3.63, 3.8) is 0 Å². The molecule has 0 spiro atoms. The zero-order chi connectivity index (χ0) is 24.8. The van der Waals surface area contributed by atoms with Crippen molar-refractivity contribution in [3.8, 4) is 5.88 Å². The average Bonchev–Trinajstić information content (AvgIpc) is 2.86. The van der Waals surface area contributed by atoms with E-state index in [1.54, 1.807) is 17.2 Å². The summed E-state index contributed by atoms with van der Waals surface area (Å²) in [5.74, 6) is -0.511. The fourth-order valence-electron chi connectivity index (χ4n) is 3.98. The number of hydrogen-bond donors (Lipinski definition) is 1. The van der Waals surface area contributed by atoms with Crippen molar-refractivity contribution in [2.75, 3.05) is 18.4 Å². The minimum absolute atomic E-state index is 0.0545. The average molecular weight is 540 g/mol. The van der Waals surface area contributed by atoms with Crippen LogP contribution in [0.1, 0.15) is 40.7 Å². The molecule has 8 heteroatoms. The van der Waals surface area contributed by atoms with Gasteiger partial charge in [-0.3, -0.25) is 9.59 Å². The number of rotatable bonds is 7. The van der Waals surface area contributed by atoms with Gasteiger partial charge in [-0.2, -0.15) is 0 Å². The van der Waals surface area contributed by atoms with Crippen LogP contribution in [0.15, 0.2) is 65.3 Å². The molecule has 1 saturated heterocycles. The van der Waals surface area contributed by atoms with Gasteiger partial charge in [0.2, 0.25) is 11.8 Å². The lowest BCUT2D eigenvalue weighted by Crippen LogP contribution is -2.42. The number of pyridine rings is 1. The first-order chi connectivity index (χ1) is 16.9. The summed E-state index contributed by atoms with van der Waals surface area (Å²) in [5, 5.41) is 2.80. The Balaban J connectivity index is 1.35.